The number of likely N-dealkylation sites (tertiary alicyclic amines) is 1. The fourth-order valence-corrected chi connectivity index (χ4v) is 5.78. The van der Waals surface area contributed by atoms with Crippen LogP contribution in [0.2, 0.25) is 0 Å². The summed E-state index contributed by atoms with van der Waals surface area (Å²) < 4.78 is 5.31. The lowest BCUT2D eigenvalue weighted by Gasteiger charge is -2.46. The Hall–Kier alpha value is -1.75. The molecular weight excluding hydrogens is 350 g/mol. The van der Waals surface area contributed by atoms with E-state index in [2.05, 4.69) is 52.0 Å². The molecule has 28 heavy (non-hydrogen) atoms. The van der Waals surface area contributed by atoms with Crippen LogP contribution in [0.15, 0.2) is 30.3 Å². The molecule has 0 N–H and O–H groups in total. The Balaban J connectivity index is 1.33. The number of anilines is 1. The molecule has 154 valence electrons. The number of benzene rings is 1. The number of carbonyl (C=O) groups excluding carboxylic acids is 1. The Morgan fingerprint density at radius 2 is 1.64 bits per heavy atom. The summed E-state index contributed by atoms with van der Waals surface area (Å²) >= 11 is 0. The highest BCUT2D eigenvalue weighted by molar-refractivity contribution is 5.69. The third-order valence-electron chi connectivity index (χ3n) is 7.07. The molecule has 0 spiro atoms. The summed E-state index contributed by atoms with van der Waals surface area (Å²) in [5, 5.41) is 0. The van der Waals surface area contributed by atoms with Gasteiger partial charge in [0.05, 0.1) is 6.61 Å². The van der Waals surface area contributed by atoms with Gasteiger partial charge >= 0.3 is 6.09 Å². The zero-order chi connectivity index (χ0) is 19.5. The molecule has 3 saturated heterocycles. The van der Waals surface area contributed by atoms with Crippen molar-refractivity contribution in [3.8, 4) is 0 Å². The van der Waals surface area contributed by atoms with E-state index >= 15 is 0 Å². The zero-order valence-corrected chi connectivity index (χ0v) is 17.4. The number of rotatable bonds is 5. The number of amides is 1. The first-order valence-electron chi connectivity index (χ1n) is 11.2. The Kier molecular flexibility index (Phi) is 6.10. The van der Waals surface area contributed by atoms with Crippen LogP contribution >= 0.6 is 0 Å². The largest absolute Gasteiger partial charge is 0.450 e. The smallest absolute Gasteiger partial charge is 0.410 e. The number of nitrogens with zero attached hydrogens (tertiary/aromatic N) is 3. The maximum Gasteiger partial charge on any atom is 0.410 e. The van der Waals surface area contributed by atoms with Crippen LogP contribution in [0.4, 0.5) is 10.5 Å². The maximum atomic E-state index is 12.3. The summed E-state index contributed by atoms with van der Waals surface area (Å²) in [6.07, 6.45) is 6.91. The minimum atomic E-state index is -0.0893. The molecular formula is C23H35N3O2. The van der Waals surface area contributed by atoms with Crippen molar-refractivity contribution in [1.29, 1.82) is 0 Å². The summed E-state index contributed by atoms with van der Waals surface area (Å²) in [6.45, 7) is 8.06. The molecule has 0 radical (unpaired) electrons. The van der Waals surface area contributed by atoms with Gasteiger partial charge in [-0.2, -0.15) is 0 Å². The normalized spacial score (nSPS) is 28.4. The van der Waals surface area contributed by atoms with Crippen molar-refractivity contribution in [2.24, 2.45) is 0 Å². The highest BCUT2D eigenvalue weighted by Gasteiger charge is 2.45. The Morgan fingerprint density at radius 3 is 2.21 bits per heavy atom. The number of para-hydroxylation sites is 1. The lowest BCUT2D eigenvalue weighted by atomic mass is 9.93. The van der Waals surface area contributed by atoms with E-state index in [1.165, 1.54) is 31.6 Å². The fourth-order valence-electron chi connectivity index (χ4n) is 5.78. The average molecular weight is 386 g/mol. The minimum Gasteiger partial charge on any atom is -0.450 e. The summed E-state index contributed by atoms with van der Waals surface area (Å²) in [6, 6.07) is 12.9. The molecule has 3 atom stereocenters. The van der Waals surface area contributed by atoms with Crippen molar-refractivity contribution in [2.45, 2.75) is 76.5 Å². The van der Waals surface area contributed by atoms with Crippen LogP contribution in [0.25, 0.3) is 0 Å². The Morgan fingerprint density at radius 1 is 1.00 bits per heavy atom. The fraction of sp³-hybridized carbons (Fsp3) is 0.696. The molecule has 1 aromatic carbocycles. The molecule has 1 amide bonds. The molecule has 1 aromatic rings. The Labute approximate surface area is 169 Å². The summed E-state index contributed by atoms with van der Waals surface area (Å²) in [7, 11) is 0. The van der Waals surface area contributed by atoms with E-state index in [1.807, 2.05) is 6.92 Å². The second-order valence-corrected chi connectivity index (χ2v) is 8.51. The molecule has 3 fully saturated rings. The lowest BCUT2D eigenvalue weighted by molar-refractivity contribution is 0.0341. The van der Waals surface area contributed by atoms with E-state index in [4.69, 9.17) is 4.74 Å². The number of piperidine rings is 2. The summed E-state index contributed by atoms with van der Waals surface area (Å²) in [4.78, 5) is 19.7. The SMILES string of the molecule is CCOC(=O)N1C2CC[C@H]1CC(N1CCC(N(CC)c3ccccc3)CC1)C2. The monoisotopic (exact) mass is 385 g/mol. The van der Waals surface area contributed by atoms with Gasteiger partial charge in [0, 0.05) is 49.5 Å². The van der Waals surface area contributed by atoms with Crippen LogP contribution in [-0.2, 0) is 4.74 Å². The van der Waals surface area contributed by atoms with Gasteiger partial charge in [-0.15, -0.1) is 0 Å². The first-order valence-corrected chi connectivity index (χ1v) is 11.2. The van der Waals surface area contributed by atoms with Gasteiger partial charge in [0.25, 0.3) is 0 Å². The van der Waals surface area contributed by atoms with Crippen molar-refractivity contribution in [3.05, 3.63) is 30.3 Å². The molecule has 0 saturated carbocycles. The predicted octanol–water partition coefficient (Wildman–Crippen LogP) is 4.13. The van der Waals surface area contributed by atoms with E-state index in [1.54, 1.807) is 0 Å². The number of hydrogen-bond donors (Lipinski definition) is 0. The number of carbonyl (C=O) groups is 1. The van der Waals surface area contributed by atoms with Crippen molar-refractivity contribution < 1.29 is 9.53 Å². The molecule has 5 nitrogen and oxygen atoms in total. The van der Waals surface area contributed by atoms with E-state index in [9.17, 15) is 4.79 Å². The predicted molar refractivity (Wildman–Crippen MR) is 113 cm³/mol. The van der Waals surface area contributed by atoms with E-state index < -0.39 is 0 Å². The molecule has 3 aliphatic heterocycles. The standard InChI is InChI=1S/C23H35N3O2/c1-3-25(18-8-6-5-7-9-18)19-12-14-24(15-13-19)22-16-20-10-11-21(17-22)26(20)23(27)28-4-2/h5-9,19-22H,3-4,10-17H2,1-2H3/t20-,21?,22?/m0/s1. The molecule has 4 rings (SSSR count). The van der Waals surface area contributed by atoms with Gasteiger partial charge in [0.2, 0.25) is 0 Å². The number of fused-ring (bicyclic) bond motifs is 2. The van der Waals surface area contributed by atoms with Crippen LogP contribution in [-0.4, -0.2) is 66.3 Å². The third kappa shape index (κ3) is 3.86. The van der Waals surface area contributed by atoms with E-state index in [0.717, 1.165) is 32.2 Å². The molecule has 0 aliphatic carbocycles. The zero-order valence-electron chi connectivity index (χ0n) is 17.4. The van der Waals surface area contributed by atoms with Crippen LogP contribution in [0.3, 0.4) is 0 Å². The second-order valence-electron chi connectivity index (χ2n) is 8.51. The lowest BCUT2D eigenvalue weighted by Crippen LogP contribution is -2.55. The minimum absolute atomic E-state index is 0.0893. The van der Waals surface area contributed by atoms with Gasteiger partial charge in [0.1, 0.15) is 0 Å². The van der Waals surface area contributed by atoms with Gasteiger partial charge in [-0.05, 0) is 64.5 Å². The number of ether oxygens (including phenoxy) is 1. The van der Waals surface area contributed by atoms with Crippen molar-refractivity contribution >= 4 is 11.8 Å². The number of hydrogen-bond acceptors (Lipinski definition) is 4. The average Bonchev–Trinajstić information content (AvgIpc) is 3.00. The summed E-state index contributed by atoms with van der Waals surface area (Å²) in [5.74, 6) is 0. The third-order valence-corrected chi connectivity index (χ3v) is 7.07. The topological polar surface area (TPSA) is 36.0 Å². The van der Waals surface area contributed by atoms with Gasteiger partial charge in [0.15, 0.2) is 0 Å². The first kappa shape index (κ1) is 19.6. The van der Waals surface area contributed by atoms with Gasteiger partial charge in [-0.1, -0.05) is 18.2 Å². The van der Waals surface area contributed by atoms with Crippen molar-refractivity contribution in [1.82, 2.24) is 9.80 Å². The molecule has 3 heterocycles. The first-order chi connectivity index (χ1) is 13.7. The second kappa shape index (κ2) is 8.73. The highest BCUT2D eigenvalue weighted by Crippen LogP contribution is 2.39. The van der Waals surface area contributed by atoms with Crippen molar-refractivity contribution in [2.75, 3.05) is 31.1 Å². The van der Waals surface area contributed by atoms with Crippen molar-refractivity contribution in [3.63, 3.8) is 0 Å². The Bertz CT molecular complexity index is 631. The van der Waals surface area contributed by atoms with Gasteiger partial charge in [-0.3, -0.25) is 0 Å². The highest BCUT2D eigenvalue weighted by atomic mass is 16.6. The molecule has 2 unspecified atom stereocenters. The van der Waals surface area contributed by atoms with E-state index in [-0.39, 0.29) is 6.09 Å². The molecule has 0 aromatic heterocycles. The summed E-state index contributed by atoms with van der Waals surface area (Å²) in [5.41, 5.74) is 1.35. The van der Waals surface area contributed by atoms with Gasteiger partial charge < -0.3 is 19.4 Å². The quantitative estimate of drug-likeness (QED) is 0.764. The molecule has 5 heteroatoms. The molecule has 3 aliphatic rings. The maximum absolute atomic E-state index is 12.3. The van der Waals surface area contributed by atoms with Crippen LogP contribution in [0.1, 0.15) is 52.4 Å². The molecule has 2 bridgehead atoms. The van der Waals surface area contributed by atoms with Gasteiger partial charge in [-0.25, -0.2) is 4.79 Å². The van der Waals surface area contributed by atoms with Crippen LogP contribution in [0, 0.1) is 0 Å². The van der Waals surface area contributed by atoms with Crippen LogP contribution in [0.5, 0.6) is 0 Å². The van der Waals surface area contributed by atoms with E-state index in [0.29, 0.717) is 30.8 Å². The van der Waals surface area contributed by atoms with Crippen LogP contribution < -0.4 is 4.90 Å².